The van der Waals surface area contributed by atoms with Crippen molar-refractivity contribution in [3.05, 3.63) is 0 Å². The van der Waals surface area contributed by atoms with Crippen LogP contribution in [0.2, 0.25) is 0 Å². The molecule has 1 aliphatic carbocycles. The molecule has 1 fully saturated rings. The molecule has 0 aromatic carbocycles. The number of hydrogen-bond donors (Lipinski definition) is 1. The third-order valence-electron chi connectivity index (χ3n) is 2.39. The van der Waals surface area contributed by atoms with Crippen molar-refractivity contribution in [2.75, 3.05) is 6.26 Å². The van der Waals surface area contributed by atoms with E-state index in [2.05, 4.69) is 11.6 Å². The average molecular weight is 187 g/mol. The molecule has 0 aromatic rings. The van der Waals surface area contributed by atoms with Gasteiger partial charge in [-0.2, -0.15) is 11.8 Å². The van der Waals surface area contributed by atoms with Gasteiger partial charge in [0, 0.05) is 18.2 Å². The Bertz CT molecular complexity index is 161. The molecule has 1 amide bonds. The summed E-state index contributed by atoms with van der Waals surface area (Å²) in [6.07, 6.45) is 7.13. The van der Waals surface area contributed by atoms with Gasteiger partial charge in [0.2, 0.25) is 5.91 Å². The Labute approximate surface area is 78.5 Å². The first-order valence-corrected chi connectivity index (χ1v) is 5.82. The zero-order valence-corrected chi connectivity index (χ0v) is 8.62. The largest absolute Gasteiger partial charge is 0.353 e. The van der Waals surface area contributed by atoms with Crippen LogP contribution in [0.15, 0.2) is 0 Å². The van der Waals surface area contributed by atoms with Gasteiger partial charge in [-0.25, -0.2) is 0 Å². The molecule has 0 radical (unpaired) electrons. The minimum Gasteiger partial charge on any atom is -0.353 e. The summed E-state index contributed by atoms with van der Waals surface area (Å²) in [6, 6.07) is 0.422. The highest BCUT2D eigenvalue weighted by molar-refractivity contribution is 7.99. The van der Waals surface area contributed by atoms with E-state index < -0.39 is 0 Å². The lowest BCUT2D eigenvalue weighted by molar-refractivity contribution is -0.119. The molecule has 1 saturated carbocycles. The maximum atomic E-state index is 10.9. The first-order valence-electron chi connectivity index (χ1n) is 4.54. The Hall–Kier alpha value is -0.180. The maximum Gasteiger partial charge on any atom is 0.217 e. The lowest BCUT2D eigenvalue weighted by Gasteiger charge is -2.30. The van der Waals surface area contributed by atoms with Crippen molar-refractivity contribution in [2.24, 2.45) is 0 Å². The first-order chi connectivity index (χ1) is 5.74. The van der Waals surface area contributed by atoms with E-state index in [1.54, 1.807) is 6.92 Å². The molecule has 0 aliphatic heterocycles. The Morgan fingerprint density at radius 2 is 2.08 bits per heavy atom. The van der Waals surface area contributed by atoms with Crippen molar-refractivity contribution in [1.29, 1.82) is 0 Å². The highest BCUT2D eigenvalue weighted by Gasteiger charge is 2.24. The molecule has 0 bridgehead atoms. The Morgan fingerprint density at radius 3 is 2.67 bits per heavy atom. The smallest absolute Gasteiger partial charge is 0.217 e. The minimum atomic E-state index is 0.112. The van der Waals surface area contributed by atoms with Crippen LogP contribution < -0.4 is 5.32 Å². The average Bonchev–Trinajstić information content (AvgIpc) is 2.04. The van der Waals surface area contributed by atoms with Gasteiger partial charge in [-0.15, -0.1) is 0 Å². The number of hydrogen-bond acceptors (Lipinski definition) is 2. The Kier molecular flexibility index (Phi) is 3.92. The number of carbonyl (C=O) groups excluding carboxylic acids is 1. The van der Waals surface area contributed by atoms with Gasteiger partial charge >= 0.3 is 0 Å². The third-order valence-corrected chi connectivity index (χ3v) is 3.56. The van der Waals surface area contributed by atoms with E-state index in [1.165, 1.54) is 19.3 Å². The molecule has 0 heterocycles. The monoisotopic (exact) mass is 187 g/mol. The molecule has 1 N–H and O–H groups in total. The number of amides is 1. The molecule has 0 spiro atoms. The molecular weight excluding hydrogens is 170 g/mol. The second kappa shape index (κ2) is 4.75. The van der Waals surface area contributed by atoms with Crippen molar-refractivity contribution in [3.8, 4) is 0 Å². The number of rotatable bonds is 2. The quantitative estimate of drug-likeness (QED) is 0.714. The molecule has 12 heavy (non-hydrogen) atoms. The van der Waals surface area contributed by atoms with Crippen LogP contribution in [0.1, 0.15) is 32.6 Å². The summed E-state index contributed by atoms with van der Waals surface area (Å²) < 4.78 is 0. The summed E-state index contributed by atoms with van der Waals surface area (Å²) >= 11 is 1.88. The van der Waals surface area contributed by atoms with Crippen LogP contribution in [-0.2, 0) is 4.79 Å². The summed E-state index contributed by atoms with van der Waals surface area (Å²) in [6.45, 7) is 1.60. The SMILES string of the molecule is CSC1CCCCC1NC(C)=O. The van der Waals surface area contributed by atoms with E-state index in [0.717, 1.165) is 6.42 Å². The number of carbonyl (C=O) groups is 1. The molecular formula is C9H17NOS. The van der Waals surface area contributed by atoms with Crippen LogP contribution >= 0.6 is 11.8 Å². The molecule has 0 saturated heterocycles. The van der Waals surface area contributed by atoms with Crippen molar-refractivity contribution < 1.29 is 4.79 Å². The molecule has 1 rings (SSSR count). The predicted octanol–water partition coefficient (Wildman–Crippen LogP) is 1.80. The lowest BCUT2D eigenvalue weighted by atomic mass is 9.95. The van der Waals surface area contributed by atoms with Gasteiger partial charge in [-0.05, 0) is 19.1 Å². The van der Waals surface area contributed by atoms with Gasteiger partial charge in [0.15, 0.2) is 0 Å². The van der Waals surface area contributed by atoms with E-state index in [0.29, 0.717) is 11.3 Å². The van der Waals surface area contributed by atoms with Gasteiger partial charge in [0.25, 0.3) is 0 Å². The summed E-state index contributed by atoms with van der Waals surface area (Å²) in [5.41, 5.74) is 0. The molecule has 2 unspecified atom stereocenters. The fourth-order valence-electron chi connectivity index (χ4n) is 1.81. The summed E-state index contributed by atoms with van der Waals surface area (Å²) in [7, 11) is 0. The summed E-state index contributed by atoms with van der Waals surface area (Å²) in [4.78, 5) is 10.9. The zero-order chi connectivity index (χ0) is 8.97. The lowest BCUT2D eigenvalue weighted by Crippen LogP contribution is -2.42. The summed E-state index contributed by atoms with van der Waals surface area (Å²) in [5, 5.41) is 3.66. The third kappa shape index (κ3) is 2.70. The van der Waals surface area contributed by atoms with Crippen molar-refractivity contribution in [1.82, 2.24) is 5.32 Å². The standard InChI is InChI=1S/C9H17NOS/c1-7(11)10-8-5-3-4-6-9(8)12-2/h8-9H,3-6H2,1-2H3,(H,10,11). The van der Waals surface area contributed by atoms with Crippen molar-refractivity contribution >= 4 is 17.7 Å². The fourth-order valence-corrected chi connectivity index (χ4v) is 2.74. The fraction of sp³-hybridized carbons (Fsp3) is 0.889. The van der Waals surface area contributed by atoms with E-state index in [4.69, 9.17) is 0 Å². The topological polar surface area (TPSA) is 29.1 Å². The van der Waals surface area contributed by atoms with Crippen LogP contribution in [0.3, 0.4) is 0 Å². The van der Waals surface area contributed by atoms with Gasteiger partial charge in [-0.1, -0.05) is 12.8 Å². The van der Waals surface area contributed by atoms with Gasteiger partial charge < -0.3 is 5.32 Å². The van der Waals surface area contributed by atoms with Gasteiger partial charge in [0.1, 0.15) is 0 Å². The van der Waals surface area contributed by atoms with E-state index in [-0.39, 0.29) is 5.91 Å². The highest BCUT2D eigenvalue weighted by atomic mass is 32.2. The molecule has 2 nitrogen and oxygen atoms in total. The second-order valence-electron chi connectivity index (χ2n) is 3.37. The van der Waals surface area contributed by atoms with Crippen LogP contribution in [0.4, 0.5) is 0 Å². The Morgan fingerprint density at radius 1 is 1.42 bits per heavy atom. The Balaban J connectivity index is 2.41. The highest BCUT2D eigenvalue weighted by Crippen LogP contribution is 2.26. The zero-order valence-electron chi connectivity index (χ0n) is 7.80. The minimum absolute atomic E-state index is 0.112. The first kappa shape index (κ1) is 9.90. The number of thioether (sulfide) groups is 1. The van der Waals surface area contributed by atoms with E-state index in [1.807, 2.05) is 11.8 Å². The molecule has 3 heteroatoms. The van der Waals surface area contributed by atoms with Crippen molar-refractivity contribution in [2.45, 2.75) is 43.9 Å². The van der Waals surface area contributed by atoms with Crippen LogP contribution in [-0.4, -0.2) is 23.5 Å². The van der Waals surface area contributed by atoms with E-state index in [9.17, 15) is 4.79 Å². The van der Waals surface area contributed by atoms with Gasteiger partial charge in [-0.3, -0.25) is 4.79 Å². The van der Waals surface area contributed by atoms with Crippen LogP contribution in [0, 0.1) is 0 Å². The van der Waals surface area contributed by atoms with Gasteiger partial charge in [0.05, 0.1) is 0 Å². The second-order valence-corrected chi connectivity index (χ2v) is 4.44. The van der Waals surface area contributed by atoms with Crippen molar-refractivity contribution in [3.63, 3.8) is 0 Å². The van der Waals surface area contributed by atoms with Crippen LogP contribution in [0.5, 0.6) is 0 Å². The predicted molar refractivity (Wildman–Crippen MR) is 53.4 cm³/mol. The molecule has 0 aromatic heterocycles. The van der Waals surface area contributed by atoms with Crippen LogP contribution in [0.25, 0.3) is 0 Å². The molecule has 1 aliphatic rings. The molecule has 2 atom stereocenters. The number of nitrogens with one attached hydrogen (secondary N) is 1. The molecule has 70 valence electrons. The van der Waals surface area contributed by atoms with E-state index >= 15 is 0 Å². The maximum absolute atomic E-state index is 10.9. The normalized spacial score (nSPS) is 29.8. The summed E-state index contributed by atoms with van der Waals surface area (Å²) in [5.74, 6) is 0.112.